The van der Waals surface area contributed by atoms with Crippen LogP contribution in [0.5, 0.6) is 5.88 Å². The van der Waals surface area contributed by atoms with E-state index in [1.807, 2.05) is 12.1 Å². The van der Waals surface area contributed by atoms with Crippen molar-refractivity contribution in [2.24, 2.45) is 4.99 Å². The molecule has 136 valence electrons. The van der Waals surface area contributed by atoms with Gasteiger partial charge in [-0.25, -0.2) is 14.4 Å². The van der Waals surface area contributed by atoms with Gasteiger partial charge in [0, 0.05) is 23.5 Å². The Morgan fingerprint density at radius 1 is 1.22 bits per heavy atom. The lowest BCUT2D eigenvalue weighted by molar-refractivity contribution is 0.276. The minimum absolute atomic E-state index is 0.114. The number of pyridine rings is 1. The molecule has 0 radical (unpaired) electrons. The van der Waals surface area contributed by atoms with Crippen LogP contribution in [-0.2, 0) is 0 Å². The van der Waals surface area contributed by atoms with E-state index in [1.54, 1.807) is 30.6 Å². The van der Waals surface area contributed by atoms with Gasteiger partial charge in [-0.2, -0.15) is 4.98 Å². The highest BCUT2D eigenvalue weighted by atomic mass is 32.1. The van der Waals surface area contributed by atoms with Crippen LogP contribution in [-0.4, -0.2) is 33.0 Å². The fraction of sp³-hybridized carbons (Fsp3) is 0.105. The largest absolute Gasteiger partial charge is 0.492 e. The second-order valence-electron chi connectivity index (χ2n) is 5.87. The lowest BCUT2D eigenvalue weighted by atomic mass is 10.1. The molecule has 0 spiro atoms. The van der Waals surface area contributed by atoms with Crippen molar-refractivity contribution in [2.45, 2.75) is 6.04 Å². The molecular formula is C19H15FN4O2S. The molecule has 1 aromatic carbocycles. The molecule has 3 aromatic rings. The van der Waals surface area contributed by atoms with Crippen molar-refractivity contribution in [1.82, 2.24) is 9.97 Å². The van der Waals surface area contributed by atoms with Crippen LogP contribution in [0.4, 0.5) is 15.3 Å². The van der Waals surface area contributed by atoms with E-state index in [2.05, 4.69) is 20.3 Å². The maximum Gasteiger partial charge on any atom is 0.231 e. The zero-order valence-corrected chi connectivity index (χ0v) is 14.8. The van der Waals surface area contributed by atoms with Gasteiger partial charge in [0.15, 0.2) is 10.9 Å². The number of aliphatic imine (C=N–C) groups is 1. The lowest BCUT2D eigenvalue weighted by Gasteiger charge is -2.15. The molecule has 0 aliphatic carbocycles. The van der Waals surface area contributed by atoms with Gasteiger partial charge in [-0.3, -0.25) is 0 Å². The van der Waals surface area contributed by atoms with Gasteiger partial charge >= 0.3 is 0 Å². The normalized spacial score (nSPS) is 15.1. The second-order valence-corrected chi connectivity index (χ2v) is 6.90. The Kier molecular flexibility index (Phi) is 4.66. The first-order chi connectivity index (χ1) is 13.1. The first-order valence-electron chi connectivity index (χ1n) is 8.18. The van der Waals surface area contributed by atoms with E-state index in [0.717, 1.165) is 16.7 Å². The number of aromatic hydroxyl groups is 1. The topological polar surface area (TPSA) is 90.6 Å². The highest BCUT2D eigenvalue weighted by Crippen LogP contribution is 2.36. The van der Waals surface area contributed by atoms with E-state index < -0.39 is 6.04 Å². The molecule has 0 fully saturated rings. The van der Waals surface area contributed by atoms with Gasteiger partial charge in [-0.05, 0) is 35.9 Å². The highest BCUT2D eigenvalue weighted by Gasteiger charge is 2.17. The number of aliphatic hydroxyl groups is 1. The van der Waals surface area contributed by atoms with E-state index in [1.165, 1.54) is 23.5 Å². The van der Waals surface area contributed by atoms with E-state index in [0.29, 0.717) is 15.8 Å². The SMILES string of the molecule is OC[C@H](Nc1nc(O)c(/C=C2\C=Nc3ncccc32)s1)c1ccc(F)cc1. The third kappa shape index (κ3) is 3.57. The van der Waals surface area contributed by atoms with E-state index in [4.69, 9.17) is 0 Å². The van der Waals surface area contributed by atoms with Crippen LogP contribution < -0.4 is 5.32 Å². The van der Waals surface area contributed by atoms with Crippen LogP contribution >= 0.6 is 11.3 Å². The minimum atomic E-state index is -0.463. The van der Waals surface area contributed by atoms with Gasteiger partial charge < -0.3 is 15.5 Å². The summed E-state index contributed by atoms with van der Waals surface area (Å²) in [5.74, 6) is 0.184. The average molecular weight is 382 g/mol. The number of nitrogens with zero attached hydrogens (tertiary/aromatic N) is 3. The molecule has 0 amide bonds. The van der Waals surface area contributed by atoms with Gasteiger partial charge in [-0.1, -0.05) is 23.5 Å². The standard InChI is InChI=1S/C19H15FN4O2S/c20-13-5-3-11(4-6-13)15(10-25)23-19-24-18(26)16(27-19)8-12-9-22-17-14(12)2-1-7-21-17/h1-9,15,25-26H,10H2,(H,23,24)/b12-8+/t15-/m0/s1. The van der Waals surface area contributed by atoms with Crippen molar-refractivity contribution in [2.75, 3.05) is 11.9 Å². The predicted octanol–water partition coefficient (Wildman–Crippen LogP) is 3.78. The third-order valence-electron chi connectivity index (χ3n) is 4.10. The molecule has 4 rings (SSSR count). The molecule has 1 atom stereocenters. The number of rotatable bonds is 5. The summed E-state index contributed by atoms with van der Waals surface area (Å²) in [5.41, 5.74) is 2.44. The lowest BCUT2D eigenvalue weighted by Crippen LogP contribution is -2.14. The number of hydrogen-bond donors (Lipinski definition) is 3. The van der Waals surface area contributed by atoms with Crippen molar-refractivity contribution in [1.29, 1.82) is 0 Å². The molecule has 2 aromatic heterocycles. The van der Waals surface area contributed by atoms with E-state index in [9.17, 15) is 14.6 Å². The minimum Gasteiger partial charge on any atom is -0.492 e. The van der Waals surface area contributed by atoms with Crippen LogP contribution in [0.3, 0.4) is 0 Å². The summed E-state index contributed by atoms with van der Waals surface area (Å²) in [6.07, 6.45) is 5.16. The molecule has 0 saturated carbocycles. The molecule has 27 heavy (non-hydrogen) atoms. The van der Waals surface area contributed by atoms with Crippen LogP contribution in [0.1, 0.15) is 22.0 Å². The van der Waals surface area contributed by atoms with Gasteiger partial charge in [0.25, 0.3) is 0 Å². The first-order valence-corrected chi connectivity index (χ1v) is 8.99. The van der Waals surface area contributed by atoms with Crippen molar-refractivity contribution in [3.63, 3.8) is 0 Å². The van der Waals surface area contributed by atoms with E-state index in [-0.39, 0.29) is 18.3 Å². The monoisotopic (exact) mass is 382 g/mol. The quantitative estimate of drug-likeness (QED) is 0.625. The maximum absolute atomic E-state index is 13.1. The van der Waals surface area contributed by atoms with Crippen LogP contribution in [0.25, 0.3) is 11.6 Å². The number of halogens is 1. The number of aromatic nitrogens is 2. The summed E-state index contributed by atoms with van der Waals surface area (Å²) in [6, 6.07) is 9.13. The van der Waals surface area contributed by atoms with Crippen molar-refractivity contribution in [3.8, 4) is 5.88 Å². The van der Waals surface area contributed by atoms with Crippen LogP contribution in [0.15, 0.2) is 47.6 Å². The summed E-state index contributed by atoms with van der Waals surface area (Å²) in [4.78, 5) is 13.1. The second kappa shape index (κ2) is 7.26. The first kappa shape index (κ1) is 17.3. The molecule has 1 aliphatic heterocycles. The summed E-state index contributed by atoms with van der Waals surface area (Å²) in [7, 11) is 0. The number of fused-ring (bicyclic) bond motifs is 1. The van der Waals surface area contributed by atoms with Crippen LogP contribution in [0.2, 0.25) is 0 Å². The number of aliphatic hydroxyl groups excluding tert-OH is 1. The Balaban J connectivity index is 1.58. The number of thiazole rings is 1. The average Bonchev–Trinajstić information content (AvgIpc) is 3.24. The Hall–Kier alpha value is -3.10. The molecule has 0 unspecified atom stereocenters. The fourth-order valence-electron chi connectivity index (χ4n) is 2.74. The number of allylic oxidation sites excluding steroid dienone is 1. The molecule has 0 saturated heterocycles. The van der Waals surface area contributed by atoms with Crippen molar-refractivity contribution >= 4 is 40.1 Å². The zero-order valence-electron chi connectivity index (χ0n) is 14.0. The molecule has 0 bridgehead atoms. The molecule has 6 nitrogen and oxygen atoms in total. The smallest absolute Gasteiger partial charge is 0.231 e. The van der Waals surface area contributed by atoms with Gasteiger partial charge in [0.05, 0.1) is 17.5 Å². The third-order valence-corrected chi connectivity index (χ3v) is 5.02. The Labute approximate surface area is 158 Å². The summed E-state index contributed by atoms with van der Waals surface area (Å²) >= 11 is 1.25. The maximum atomic E-state index is 13.1. The van der Waals surface area contributed by atoms with Gasteiger partial charge in [0.2, 0.25) is 5.88 Å². The predicted molar refractivity (Wildman–Crippen MR) is 104 cm³/mol. The molecule has 8 heteroatoms. The van der Waals surface area contributed by atoms with Gasteiger partial charge in [0.1, 0.15) is 5.82 Å². The Morgan fingerprint density at radius 2 is 2.04 bits per heavy atom. The Morgan fingerprint density at radius 3 is 2.81 bits per heavy atom. The summed E-state index contributed by atoms with van der Waals surface area (Å²) < 4.78 is 13.1. The number of nitrogens with one attached hydrogen (secondary N) is 1. The van der Waals surface area contributed by atoms with Crippen LogP contribution in [0, 0.1) is 5.82 Å². The summed E-state index contributed by atoms with van der Waals surface area (Å²) in [6.45, 7) is -0.200. The van der Waals surface area contributed by atoms with E-state index >= 15 is 0 Å². The number of benzene rings is 1. The fourth-order valence-corrected chi connectivity index (χ4v) is 3.60. The molecule has 3 heterocycles. The highest BCUT2D eigenvalue weighted by molar-refractivity contribution is 7.16. The van der Waals surface area contributed by atoms with Crippen molar-refractivity contribution in [3.05, 3.63) is 64.4 Å². The number of hydrogen-bond acceptors (Lipinski definition) is 7. The Bertz CT molecular complexity index is 1030. The molecule has 1 aliphatic rings. The molecule has 3 N–H and O–H groups in total. The van der Waals surface area contributed by atoms with Gasteiger partial charge in [-0.15, -0.1) is 0 Å². The number of anilines is 1. The summed E-state index contributed by atoms with van der Waals surface area (Å²) in [5, 5.41) is 23.3. The molecular weight excluding hydrogens is 367 g/mol. The van der Waals surface area contributed by atoms with Crippen molar-refractivity contribution < 1.29 is 14.6 Å². The zero-order chi connectivity index (χ0) is 18.8.